The molecular formula is C20H21N3O3. The van der Waals surface area contributed by atoms with E-state index in [0.29, 0.717) is 24.2 Å². The van der Waals surface area contributed by atoms with Crippen molar-refractivity contribution in [1.82, 2.24) is 10.3 Å². The number of rotatable bonds is 5. The SMILES string of the molecule is O=C(C=Cc1ccco1)NCC1CCN(c2nc3ccccc3o2)CC1. The summed E-state index contributed by atoms with van der Waals surface area (Å²) in [5.41, 5.74) is 1.71. The quantitative estimate of drug-likeness (QED) is 0.713. The third kappa shape index (κ3) is 3.79. The summed E-state index contributed by atoms with van der Waals surface area (Å²) >= 11 is 0. The molecule has 1 aliphatic heterocycles. The van der Waals surface area contributed by atoms with Gasteiger partial charge in [0.15, 0.2) is 5.58 Å². The first kappa shape index (κ1) is 16.4. The number of carbonyl (C=O) groups is 1. The molecule has 6 nitrogen and oxygen atoms in total. The molecule has 1 aromatic carbocycles. The minimum atomic E-state index is -0.0946. The van der Waals surface area contributed by atoms with Crippen molar-refractivity contribution in [2.24, 2.45) is 5.92 Å². The first-order valence-corrected chi connectivity index (χ1v) is 8.88. The van der Waals surface area contributed by atoms with Crippen molar-refractivity contribution < 1.29 is 13.6 Å². The molecule has 0 saturated carbocycles. The number of nitrogens with zero attached hydrogens (tertiary/aromatic N) is 2. The van der Waals surface area contributed by atoms with Gasteiger partial charge in [-0.25, -0.2) is 0 Å². The molecule has 0 radical (unpaired) electrons. The molecule has 26 heavy (non-hydrogen) atoms. The van der Waals surface area contributed by atoms with Gasteiger partial charge in [0.2, 0.25) is 5.91 Å². The Hall–Kier alpha value is -3.02. The predicted octanol–water partition coefficient (Wildman–Crippen LogP) is 3.47. The Morgan fingerprint density at radius 1 is 1.23 bits per heavy atom. The zero-order chi connectivity index (χ0) is 17.8. The lowest BCUT2D eigenvalue weighted by atomic mass is 9.97. The van der Waals surface area contributed by atoms with Crippen molar-refractivity contribution >= 4 is 29.1 Å². The Labute approximate surface area is 151 Å². The minimum Gasteiger partial charge on any atom is -0.465 e. The van der Waals surface area contributed by atoms with Gasteiger partial charge >= 0.3 is 0 Å². The van der Waals surface area contributed by atoms with Gasteiger partial charge in [-0.3, -0.25) is 4.79 Å². The maximum absolute atomic E-state index is 11.9. The van der Waals surface area contributed by atoms with Crippen LogP contribution in [0.5, 0.6) is 0 Å². The number of hydrogen-bond acceptors (Lipinski definition) is 5. The number of para-hydroxylation sites is 2. The molecule has 6 heteroatoms. The van der Waals surface area contributed by atoms with Gasteiger partial charge < -0.3 is 19.1 Å². The third-order valence-corrected chi connectivity index (χ3v) is 4.67. The summed E-state index contributed by atoms with van der Waals surface area (Å²) in [5, 5.41) is 2.97. The molecule has 134 valence electrons. The molecule has 1 saturated heterocycles. The number of hydrogen-bond donors (Lipinski definition) is 1. The van der Waals surface area contributed by atoms with Gasteiger partial charge in [-0.2, -0.15) is 4.98 Å². The van der Waals surface area contributed by atoms with Crippen LogP contribution in [-0.2, 0) is 4.79 Å². The van der Waals surface area contributed by atoms with Crippen molar-refractivity contribution in [3.8, 4) is 0 Å². The van der Waals surface area contributed by atoms with Crippen molar-refractivity contribution in [1.29, 1.82) is 0 Å². The molecule has 3 aromatic rings. The monoisotopic (exact) mass is 351 g/mol. The molecule has 0 atom stereocenters. The summed E-state index contributed by atoms with van der Waals surface area (Å²) in [4.78, 5) is 18.6. The van der Waals surface area contributed by atoms with E-state index in [1.165, 1.54) is 6.08 Å². The highest BCUT2D eigenvalue weighted by Gasteiger charge is 2.22. The van der Waals surface area contributed by atoms with Crippen LogP contribution in [0.25, 0.3) is 17.2 Å². The van der Waals surface area contributed by atoms with Gasteiger partial charge in [0.05, 0.1) is 6.26 Å². The van der Waals surface area contributed by atoms with E-state index in [1.807, 2.05) is 30.3 Å². The van der Waals surface area contributed by atoms with Gasteiger partial charge in [0, 0.05) is 25.7 Å². The van der Waals surface area contributed by atoms with Crippen LogP contribution in [0.3, 0.4) is 0 Å². The zero-order valence-corrected chi connectivity index (χ0v) is 14.4. The summed E-state index contributed by atoms with van der Waals surface area (Å²) in [6.07, 6.45) is 6.77. The van der Waals surface area contributed by atoms with Crippen molar-refractivity contribution in [2.45, 2.75) is 12.8 Å². The summed E-state index contributed by atoms with van der Waals surface area (Å²) < 4.78 is 11.0. The van der Waals surface area contributed by atoms with Gasteiger partial charge in [-0.15, -0.1) is 0 Å². The van der Waals surface area contributed by atoms with Crippen LogP contribution in [0.4, 0.5) is 6.01 Å². The normalized spacial score (nSPS) is 15.8. The molecule has 0 spiro atoms. The van der Waals surface area contributed by atoms with E-state index in [-0.39, 0.29) is 5.91 Å². The number of nitrogens with one attached hydrogen (secondary N) is 1. The topological polar surface area (TPSA) is 71.5 Å². The fourth-order valence-electron chi connectivity index (χ4n) is 3.17. The average Bonchev–Trinajstić information content (AvgIpc) is 3.34. The maximum Gasteiger partial charge on any atom is 0.298 e. The van der Waals surface area contributed by atoms with E-state index in [4.69, 9.17) is 8.83 Å². The molecule has 3 heterocycles. The minimum absolute atomic E-state index is 0.0946. The second-order valence-electron chi connectivity index (χ2n) is 6.49. The lowest BCUT2D eigenvalue weighted by Gasteiger charge is -2.30. The van der Waals surface area contributed by atoms with E-state index in [9.17, 15) is 4.79 Å². The third-order valence-electron chi connectivity index (χ3n) is 4.67. The Morgan fingerprint density at radius 2 is 2.08 bits per heavy atom. The lowest BCUT2D eigenvalue weighted by Crippen LogP contribution is -2.38. The molecule has 0 unspecified atom stereocenters. The highest BCUT2D eigenvalue weighted by Crippen LogP contribution is 2.26. The highest BCUT2D eigenvalue weighted by molar-refractivity contribution is 5.91. The molecule has 1 N–H and O–H groups in total. The molecule has 1 amide bonds. The average molecular weight is 351 g/mol. The van der Waals surface area contributed by atoms with Crippen LogP contribution in [0.15, 0.2) is 57.6 Å². The molecule has 1 aliphatic rings. The van der Waals surface area contributed by atoms with E-state index >= 15 is 0 Å². The van der Waals surface area contributed by atoms with Gasteiger partial charge in [-0.1, -0.05) is 12.1 Å². The molecular weight excluding hydrogens is 330 g/mol. The summed E-state index contributed by atoms with van der Waals surface area (Å²) in [5.74, 6) is 1.05. The molecule has 0 bridgehead atoms. The van der Waals surface area contributed by atoms with Crippen molar-refractivity contribution in [3.63, 3.8) is 0 Å². The van der Waals surface area contributed by atoms with Crippen LogP contribution in [0, 0.1) is 5.92 Å². The standard InChI is InChI=1S/C20H21N3O3/c24-19(8-7-16-4-3-13-25-16)21-14-15-9-11-23(12-10-15)20-22-17-5-1-2-6-18(17)26-20/h1-8,13,15H,9-12,14H2,(H,21,24). The summed E-state index contributed by atoms with van der Waals surface area (Å²) in [7, 11) is 0. The summed E-state index contributed by atoms with van der Waals surface area (Å²) in [6.45, 7) is 2.45. The Morgan fingerprint density at radius 3 is 2.85 bits per heavy atom. The van der Waals surface area contributed by atoms with Crippen LogP contribution in [0.1, 0.15) is 18.6 Å². The fraction of sp³-hybridized carbons (Fsp3) is 0.300. The van der Waals surface area contributed by atoms with Crippen LogP contribution < -0.4 is 10.2 Å². The van der Waals surface area contributed by atoms with Gasteiger partial charge in [-0.05, 0) is 49.1 Å². The number of piperidine rings is 1. The number of amides is 1. The molecule has 1 fully saturated rings. The summed E-state index contributed by atoms with van der Waals surface area (Å²) in [6, 6.07) is 12.1. The first-order chi connectivity index (χ1) is 12.8. The molecule has 0 aliphatic carbocycles. The van der Waals surface area contributed by atoms with Gasteiger partial charge in [0.25, 0.3) is 6.01 Å². The number of carbonyl (C=O) groups excluding carboxylic acids is 1. The number of aromatic nitrogens is 1. The van der Waals surface area contributed by atoms with E-state index < -0.39 is 0 Å². The molecule has 4 rings (SSSR count). The number of furan rings is 1. The van der Waals surface area contributed by atoms with Crippen LogP contribution >= 0.6 is 0 Å². The number of fused-ring (bicyclic) bond motifs is 1. The second-order valence-corrected chi connectivity index (χ2v) is 6.49. The number of anilines is 1. The van der Waals surface area contributed by atoms with E-state index in [2.05, 4.69) is 15.2 Å². The Balaban J connectivity index is 1.25. The van der Waals surface area contributed by atoms with Crippen LogP contribution in [-0.4, -0.2) is 30.5 Å². The van der Waals surface area contributed by atoms with Crippen molar-refractivity contribution in [2.75, 3.05) is 24.5 Å². The first-order valence-electron chi connectivity index (χ1n) is 8.88. The van der Waals surface area contributed by atoms with E-state index in [1.54, 1.807) is 18.4 Å². The second kappa shape index (κ2) is 7.47. The smallest absolute Gasteiger partial charge is 0.298 e. The highest BCUT2D eigenvalue weighted by atomic mass is 16.4. The van der Waals surface area contributed by atoms with E-state index in [0.717, 1.165) is 37.0 Å². The zero-order valence-electron chi connectivity index (χ0n) is 14.4. The predicted molar refractivity (Wildman–Crippen MR) is 99.7 cm³/mol. The van der Waals surface area contributed by atoms with Crippen LogP contribution in [0.2, 0.25) is 0 Å². The molecule has 2 aromatic heterocycles. The largest absolute Gasteiger partial charge is 0.465 e. The number of benzene rings is 1. The number of oxazole rings is 1. The van der Waals surface area contributed by atoms with Crippen molar-refractivity contribution in [3.05, 3.63) is 54.5 Å². The Kier molecular flexibility index (Phi) is 4.73. The fourth-order valence-corrected chi connectivity index (χ4v) is 3.17. The van der Waals surface area contributed by atoms with Gasteiger partial charge in [0.1, 0.15) is 11.3 Å². The lowest BCUT2D eigenvalue weighted by molar-refractivity contribution is -0.116. The Bertz CT molecular complexity index is 857. The maximum atomic E-state index is 11.9.